The van der Waals surface area contributed by atoms with Crippen molar-refractivity contribution in [3.05, 3.63) is 254 Å². The van der Waals surface area contributed by atoms with Crippen molar-refractivity contribution < 1.29 is 4.74 Å². The van der Waals surface area contributed by atoms with Crippen LogP contribution in [-0.4, -0.2) is 0 Å². The predicted molar refractivity (Wildman–Crippen MR) is 285 cm³/mol. The van der Waals surface area contributed by atoms with Gasteiger partial charge in [-0.05, 0) is 129 Å². The first-order valence-electron chi connectivity index (χ1n) is 23.5. The van der Waals surface area contributed by atoms with Gasteiger partial charge in [0.05, 0.1) is 5.69 Å². The summed E-state index contributed by atoms with van der Waals surface area (Å²) in [5.41, 5.74) is 18.4. The molecule has 0 fully saturated rings. The molecule has 11 aromatic rings. The van der Waals surface area contributed by atoms with Crippen LogP contribution in [0.15, 0.2) is 243 Å². The highest BCUT2D eigenvalue weighted by Gasteiger charge is 2.36. The van der Waals surface area contributed by atoms with E-state index in [-0.39, 0.29) is 5.41 Å². The predicted octanol–water partition coefficient (Wildman–Crippen LogP) is 18.3. The Morgan fingerprint density at radius 1 is 0.324 bits per heavy atom. The van der Waals surface area contributed by atoms with Crippen LogP contribution >= 0.6 is 0 Å². The Morgan fingerprint density at radius 2 is 0.853 bits per heavy atom. The topological polar surface area (TPSA) is 15.7 Å². The number of hydrogen-bond acceptors (Lipinski definition) is 3. The van der Waals surface area contributed by atoms with E-state index >= 15 is 0 Å². The van der Waals surface area contributed by atoms with Gasteiger partial charge in [0.25, 0.3) is 0 Å². The van der Waals surface area contributed by atoms with Crippen molar-refractivity contribution in [3.8, 4) is 56.0 Å². The molecule has 0 saturated carbocycles. The third-order valence-corrected chi connectivity index (χ3v) is 14.2. The molecule has 1 aliphatic carbocycles. The van der Waals surface area contributed by atoms with Crippen LogP contribution in [-0.2, 0) is 5.41 Å². The van der Waals surface area contributed by atoms with Gasteiger partial charge in [0.15, 0.2) is 0 Å². The molecule has 0 amide bonds. The van der Waals surface area contributed by atoms with Gasteiger partial charge in [0, 0.05) is 61.3 Å². The van der Waals surface area contributed by atoms with Crippen LogP contribution in [0.1, 0.15) is 25.0 Å². The van der Waals surface area contributed by atoms with E-state index < -0.39 is 0 Å². The van der Waals surface area contributed by atoms with Crippen molar-refractivity contribution in [3.63, 3.8) is 0 Å². The van der Waals surface area contributed by atoms with Gasteiger partial charge in [0.2, 0.25) is 0 Å². The lowest BCUT2D eigenvalue weighted by Crippen LogP contribution is -2.16. The molecule has 0 bridgehead atoms. The highest BCUT2D eigenvalue weighted by Crippen LogP contribution is 2.55. The summed E-state index contributed by atoms with van der Waals surface area (Å²) in [6.07, 6.45) is 0. The van der Waals surface area contributed by atoms with Crippen LogP contribution in [0.25, 0.3) is 66.1 Å². The van der Waals surface area contributed by atoms with Crippen LogP contribution in [0.5, 0.6) is 11.5 Å². The molecule has 2 aliphatic rings. The highest BCUT2D eigenvalue weighted by molar-refractivity contribution is 6.10. The maximum atomic E-state index is 7.38. The lowest BCUT2D eigenvalue weighted by Gasteiger charge is -2.29. The molecule has 0 aromatic heterocycles. The monoisotopic (exact) mass is 870 g/mol. The number of anilines is 6. The molecule has 0 radical (unpaired) electrons. The number of para-hydroxylation sites is 4. The minimum absolute atomic E-state index is 0.107. The summed E-state index contributed by atoms with van der Waals surface area (Å²) in [7, 11) is 0. The van der Waals surface area contributed by atoms with Gasteiger partial charge >= 0.3 is 0 Å². The minimum Gasteiger partial charge on any atom is -0.455 e. The van der Waals surface area contributed by atoms with E-state index in [0.717, 1.165) is 89.6 Å². The summed E-state index contributed by atoms with van der Waals surface area (Å²) >= 11 is 0. The van der Waals surface area contributed by atoms with Gasteiger partial charge in [-0.3, -0.25) is 0 Å². The molecule has 1 aliphatic heterocycles. The summed E-state index contributed by atoms with van der Waals surface area (Å²) in [4.78, 5) is 4.74. The third-order valence-electron chi connectivity index (χ3n) is 14.2. The van der Waals surface area contributed by atoms with Crippen molar-refractivity contribution in [1.82, 2.24) is 0 Å². The summed E-state index contributed by atoms with van der Waals surface area (Å²) < 4.78 is 7.38. The number of nitrogens with zero attached hydrogens (tertiary/aromatic N) is 2. The summed E-state index contributed by atoms with van der Waals surface area (Å²) in [6, 6.07) is 87.8. The molecule has 0 N–H and O–H groups in total. The zero-order valence-electron chi connectivity index (χ0n) is 37.9. The lowest BCUT2D eigenvalue weighted by atomic mass is 9.82. The van der Waals surface area contributed by atoms with E-state index in [9.17, 15) is 0 Å². The summed E-state index contributed by atoms with van der Waals surface area (Å²) in [5.74, 6) is 1.74. The van der Waals surface area contributed by atoms with Crippen LogP contribution in [0.2, 0.25) is 0 Å². The van der Waals surface area contributed by atoms with Crippen molar-refractivity contribution in [2.24, 2.45) is 0 Å². The molecule has 68 heavy (non-hydrogen) atoms. The first-order valence-corrected chi connectivity index (χ1v) is 23.5. The van der Waals surface area contributed by atoms with Crippen molar-refractivity contribution in [1.29, 1.82) is 0 Å². The molecule has 0 spiro atoms. The standard InChI is InChI=1S/C65H46N2O/c1-65(2)59-31-15-14-27-55(59)56-39-37-51(42-60(56)65)66(47-20-6-3-7-21-47)50-35-32-43(33-36-50)53-28-17-30-58-57-29-16-19-44-34-38-54(64(62(44)57)68-63(53)58)46-40-45-18-12-13-26-52(45)61(41-46)67(48-22-8-4-9-23-48)49-24-10-5-11-25-49/h3-42H,1-2H3. The molecule has 3 nitrogen and oxygen atoms in total. The van der Waals surface area contributed by atoms with E-state index in [1.807, 2.05) is 0 Å². The van der Waals surface area contributed by atoms with Crippen LogP contribution in [0.4, 0.5) is 34.1 Å². The Morgan fingerprint density at radius 3 is 1.60 bits per heavy atom. The van der Waals surface area contributed by atoms with E-state index in [1.165, 1.54) is 33.2 Å². The van der Waals surface area contributed by atoms with E-state index in [0.29, 0.717) is 0 Å². The Bertz CT molecular complexity index is 3690. The Hall–Kier alpha value is -8.66. The fourth-order valence-corrected chi connectivity index (χ4v) is 11.0. The van der Waals surface area contributed by atoms with Gasteiger partial charge in [-0.1, -0.05) is 178 Å². The number of fused-ring (bicyclic) bond motifs is 6. The molecule has 0 atom stereocenters. The van der Waals surface area contributed by atoms with Crippen molar-refractivity contribution >= 4 is 55.7 Å². The van der Waals surface area contributed by atoms with E-state index in [2.05, 4.69) is 266 Å². The Labute approximate surface area is 397 Å². The van der Waals surface area contributed by atoms with Crippen molar-refractivity contribution in [2.75, 3.05) is 9.80 Å². The maximum absolute atomic E-state index is 7.38. The lowest BCUT2D eigenvalue weighted by molar-refractivity contribution is 0.490. The fourth-order valence-electron chi connectivity index (χ4n) is 11.0. The molecule has 0 unspecified atom stereocenters. The SMILES string of the molecule is CC1(C)c2ccccc2-c2ccc(N(c3ccccc3)c3ccc(-c4cccc5c4Oc4c(-c6cc(N(c7ccccc7)c7ccccc7)c7ccccc7c6)ccc6cccc-5c46)cc3)cc21. The van der Waals surface area contributed by atoms with Gasteiger partial charge in [-0.25, -0.2) is 0 Å². The molecular formula is C65H46N2O. The van der Waals surface area contributed by atoms with Crippen LogP contribution in [0.3, 0.4) is 0 Å². The third kappa shape index (κ3) is 6.35. The van der Waals surface area contributed by atoms with Crippen LogP contribution in [0, 0.1) is 0 Å². The molecule has 13 rings (SSSR count). The smallest absolute Gasteiger partial charge is 0.143 e. The van der Waals surface area contributed by atoms with Gasteiger partial charge in [-0.2, -0.15) is 0 Å². The number of hydrogen-bond donors (Lipinski definition) is 0. The average molecular weight is 871 g/mol. The molecule has 1 heterocycles. The zero-order valence-corrected chi connectivity index (χ0v) is 37.9. The zero-order chi connectivity index (χ0) is 45.3. The van der Waals surface area contributed by atoms with Gasteiger partial charge in [-0.15, -0.1) is 0 Å². The number of ether oxygens (including phenoxy) is 1. The fraction of sp³-hybridized carbons (Fsp3) is 0.0462. The number of benzene rings is 11. The molecule has 3 heteroatoms. The Balaban J connectivity index is 0.925. The molecule has 322 valence electrons. The Kier molecular flexibility index (Phi) is 9.19. The molecule has 11 aromatic carbocycles. The summed E-state index contributed by atoms with van der Waals surface area (Å²) in [5, 5.41) is 4.61. The maximum Gasteiger partial charge on any atom is 0.143 e. The second-order valence-corrected chi connectivity index (χ2v) is 18.5. The van der Waals surface area contributed by atoms with Gasteiger partial charge < -0.3 is 14.5 Å². The normalized spacial score (nSPS) is 12.8. The number of rotatable bonds is 8. The summed E-state index contributed by atoms with van der Waals surface area (Å²) in [6.45, 7) is 4.69. The first kappa shape index (κ1) is 39.7. The van der Waals surface area contributed by atoms with E-state index in [1.54, 1.807) is 0 Å². The average Bonchev–Trinajstić information content (AvgIpc) is 3.62. The molecular weight excluding hydrogens is 825 g/mol. The van der Waals surface area contributed by atoms with E-state index in [4.69, 9.17) is 4.74 Å². The first-order chi connectivity index (χ1) is 33.5. The second-order valence-electron chi connectivity index (χ2n) is 18.5. The second kappa shape index (κ2) is 15.8. The van der Waals surface area contributed by atoms with Gasteiger partial charge in [0.1, 0.15) is 11.5 Å². The quantitative estimate of drug-likeness (QED) is 0.151. The minimum atomic E-state index is -0.107. The van der Waals surface area contributed by atoms with Crippen LogP contribution < -0.4 is 14.5 Å². The highest BCUT2D eigenvalue weighted by atomic mass is 16.5. The van der Waals surface area contributed by atoms with Crippen molar-refractivity contribution in [2.45, 2.75) is 19.3 Å². The molecule has 0 saturated heterocycles. The largest absolute Gasteiger partial charge is 0.455 e.